The van der Waals surface area contributed by atoms with Crippen LogP contribution in [0.25, 0.3) is 0 Å². The Balaban J connectivity index is 2.11. The number of aromatic nitrogens is 2. The molecule has 1 saturated carbocycles. The molecule has 2 unspecified atom stereocenters. The summed E-state index contributed by atoms with van der Waals surface area (Å²) in [6, 6.07) is 0. The SMILES string of the molecule is Cc1noc(C2CCC(C)C2)n1. The van der Waals surface area contributed by atoms with Gasteiger partial charge in [-0.3, -0.25) is 0 Å². The average Bonchev–Trinajstić information content (AvgIpc) is 2.58. The summed E-state index contributed by atoms with van der Waals surface area (Å²) in [6.45, 7) is 4.15. The van der Waals surface area contributed by atoms with Crippen LogP contribution < -0.4 is 0 Å². The van der Waals surface area contributed by atoms with Crippen LogP contribution in [0.1, 0.15) is 43.8 Å². The molecule has 1 heterocycles. The largest absolute Gasteiger partial charge is 0.339 e. The van der Waals surface area contributed by atoms with Gasteiger partial charge in [0.25, 0.3) is 0 Å². The molecule has 0 amide bonds. The van der Waals surface area contributed by atoms with Crippen LogP contribution in [-0.4, -0.2) is 10.1 Å². The van der Waals surface area contributed by atoms with E-state index in [0.717, 1.165) is 17.6 Å². The highest BCUT2D eigenvalue weighted by molar-refractivity contribution is 4.96. The molecule has 12 heavy (non-hydrogen) atoms. The highest BCUT2D eigenvalue weighted by atomic mass is 16.5. The van der Waals surface area contributed by atoms with Gasteiger partial charge < -0.3 is 4.52 Å². The topological polar surface area (TPSA) is 38.9 Å². The molecular formula is C9H14N2O. The molecule has 1 aliphatic rings. The first kappa shape index (κ1) is 7.77. The molecule has 0 aromatic carbocycles. The highest BCUT2D eigenvalue weighted by Gasteiger charge is 2.26. The molecule has 0 N–H and O–H groups in total. The van der Waals surface area contributed by atoms with Gasteiger partial charge in [0.15, 0.2) is 5.82 Å². The van der Waals surface area contributed by atoms with E-state index in [1.54, 1.807) is 0 Å². The van der Waals surface area contributed by atoms with Crippen molar-refractivity contribution in [2.75, 3.05) is 0 Å². The van der Waals surface area contributed by atoms with Gasteiger partial charge in [-0.15, -0.1) is 0 Å². The van der Waals surface area contributed by atoms with Crippen LogP contribution in [0.15, 0.2) is 4.52 Å². The summed E-state index contributed by atoms with van der Waals surface area (Å²) in [4.78, 5) is 4.25. The zero-order valence-corrected chi connectivity index (χ0v) is 7.58. The lowest BCUT2D eigenvalue weighted by molar-refractivity contribution is 0.349. The van der Waals surface area contributed by atoms with Gasteiger partial charge in [0.1, 0.15) is 0 Å². The normalized spacial score (nSPS) is 29.5. The Hall–Kier alpha value is -0.860. The fraction of sp³-hybridized carbons (Fsp3) is 0.778. The summed E-state index contributed by atoms with van der Waals surface area (Å²) in [7, 11) is 0. The number of rotatable bonds is 1. The smallest absolute Gasteiger partial charge is 0.229 e. The van der Waals surface area contributed by atoms with E-state index in [2.05, 4.69) is 17.1 Å². The summed E-state index contributed by atoms with van der Waals surface area (Å²) in [5.74, 6) is 2.95. The second-order valence-corrected chi connectivity index (χ2v) is 3.79. The van der Waals surface area contributed by atoms with E-state index in [0.29, 0.717) is 5.92 Å². The van der Waals surface area contributed by atoms with Gasteiger partial charge >= 0.3 is 0 Å². The van der Waals surface area contributed by atoms with E-state index in [1.807, 2.05) is 6.92 Å². The molecule has 3 heteroatoms. The van der Waals surface area contributed by atoms with Crippen LogP contribution in [0.2, 0.25) is 0 Å². The van der Waals surface area contributed by atoms with Crippen LogP contribution in [-0.2, 0) is 0 Å². The van der Waals surface area contributed by atoms with Crippen molar-refractivity contribution in [3.63, 3.8) is 0 Å². The Bertz CT molecular complexity index is 269. The fourth-order valence-electron chi connectivity index (χ4n) is 1.91. The van der Waals surface area contributed by atoms with Crippen LogP contribution in [0, 0.1) is 12.8 Å². The Morgan fingerprint density at radius 1 is 1.42 bits per heavy atom. The average molecular weight is 166 g/mol. The van der Waals surface area contributed by atoms with Gasteiger partial charge in [-0.25, -0.2) is 0 Å². The minimum absolute atomic E-state index is 0.529. The van der Waals surface area contributed by atoms with Crippen molar-refractivity contribution in [2.24, 2.45) is 5.92 Å². The summed E-state index contributed by atoms with van der Waals surface area (Å²) in [5, 5.41) is 3.80. The molecule has 66 valence electrons. The van der Waals surface area contributed by atoms with Crippen molar-refractivity contribution in [3.05, 3.63) is 11.7 Å². The van der Waals surface area contributed by atoms with Gasteiger partial charge in [-0.05, 0) is 32.1 Å². The Kier molecular flexibility index (Phi) is 1.87. The molecule has 0 bridgehead atoms. The van der Waals surface area contributed by atoms with E-state index in [1.165, 1.54) is 19.3 Å². The molecular weight excluding hydrogens is 152 g/mol. The van der Waals surface area contributed by atoms with E-state index < -0.39 is 0 Å². The summed E-state index contributed by atoms with van der Waals surface area (Å²) < 4.78 is 5.14. The van der Waals surface area contributed by atoms with Crippen molar-refractivity contribution in [1.82, 2.24) is 10.1 Å². The Morgan fingerprint density at radius 3 is 2.75 bits per heavy atom. The van der Waals surface area contributed by atoms with Crippen molar-refractivity contribution in [2.45, 2.75) is 39.0 Å². The second-order valence-electron chi connectivity index (χ2n) is 3.79. The molecule has 0 aliphatic heterocycles. The Labute approximate surface area is 72.2 Å². The van der Waals surface area contributed by atoms with E-state index in [9.17, 15) is 0 Å². The lowest BCUT2D eigenvalue weighted by Crippen LogP contribution is -1.93. The number of hydrogen-bond donors (Lipinski definition) is 0. The molecule has 2 atom stereocenters. The van der Waals surface area contributed by atoms with Crippen LogP contribution in [0.3, 0.4) is 0 Å². The van der Waals surface area contributed by atoms with Gasteiger partial charge in [-0.1, -0.05) is 12.1 Å². The maximum atomic E-state index is 5.14. The lowest BCUT2D eigenvalue weighted by atomic mass is 10.1. The summed E-state index contributed by atoms with van der Waals surface area (Å²) in [6.07, 6.45) is 3.72. The lowest BCUT2D eigenvalue weighted by Gasteiger charge is -2.00. The predicted molar refractivity (Wildman–Crippen MR) is 44.8 cm³/mol. The third kappa shape index (κ3) is 1.36. The Morgan fingerprint density at radius 2 is 2.25 bits per heavy atom. The molecule has 0 radical (unpaired) electrons. The molecule has 1 fully saturated rings. The van der Waals surface area contributed by atoms with Crippen LogP contribution in [0.4, 0.5) is 0 Å². The first-order valence-electron chi connectivity index (χ1n) is 4.56. The highest BCUT2D eigenvalue weighted by Crippen LogP contribution is 2.36. The van der Waals surface area contributed by atoms with Crippen molar-refractivity contribution < 1.29 is 4.52 Å². The zero-order valence-electron chi connectivity index (χ0n) is 7.58. The molecule has 1 aliphatic carbocycles. The molecule has 2 rings (SSSR count). The van der Waals surface area contributed by atoms with Gasteiger partial charge in [0.05, 0.1) is 0 Å². The van der Waals surface area contributed by atoms with E-state index in [-0.39, 0.29) is 0 Å². The van der Waals surface area contributed by atoms with Gasteiger partial charge in [0, 0.05) is 5.92 Å². The third-order valence-corrected chi connectivity index (χ3v) is 2.59. The molecule has 3 nitrogen and oxygen atoms in total. The zero-order chi connectivity index (χ0) is 8.55. The second kappa shape index (κ2) is 2.88. The fourth-order valence-corrected chi connectivity index (χ4v) is 1.91. The maximum absolute atomic E-state index is 5.14. The maximum Gasteiger partial charge on any atom is 0.229 e. The van der Waals surface area contributed by atoms with Gasteiger partial charge in [-0.2, -0.15) is 4.98 Å². The molecule has 0 saturated heterocycles. The molecule has 1 aromatic rings. The van der Waals surface area contributed by atoms with Crippen molar-refractivity contribution in [1.29, 1.82) is 0 Å². The first-order chi connectivity index (χ1) is 5.75. The summed E-state index contributed by atoms with van der Waals surface area (Å²) >= 11 is 0. The quantitative estimate of drug-likeness (QED) is 0.642. The number of hydrogen-bond acceptors (Lipinski definition) is 3. The van der Waals surface area contributed by atoms with Crippen molar-refractivity contribution in [3.8, 4) is 0 Å². The molecule has 1 aromatic heterocycles. The molecule has 0 spiro atoms. The van der Waals surface area contributed by atoms with Crippen LogP contribution in [0.5, 0.6) is 0 Å². The van der Waals surface area contributed by atoms with Crippen molar-refractivity contribution >= 4 is 0 Å². The van der Waals surface area contributed by atoms with Gasteiger partial charge in [0.2, 0.25) is 5.89 Å². The van der Waals surface area contributed by atoms with E-state index in [4.69, 9.17) is 4.52 Å². The van der Waals surface area contributed by atoms with E-state index >= 15 is 0 Å². The minimum atomic E-state index is 0.529. The monoisotopic (exact) mass is 166 g/mol. The first-order valence-corrected chi connectivity index (χ1v) is 4.56. The minimum Gasteiger partial charge on any atom is -0.339 e. The third-order valence-electron chi connectivity index (χ3n) is 2.59. The van der Waals surface area contributed by atoms with Crippen LogP contribution >= 0.6 is 0 Å². The standard InChI is InChI=1S/C9H14N2O/c1-6-3-4-8(5-6)9-10-7(2)11-12-9/h6,8H,3-5H2,1-2H3. The predicted octanol–water partition coefficient (Wildman–Crippen LogP) is 2.28. The number of aryl methyl sites for hydroxylation is 1. The number of nitrogens with zero attached hydrogens (tertiary/aromatic N) is 2. The summed E-state index contributed by atoms with van der Waals surface area (Å²) in [5.41, 5.74) is 0.